The zero-order valence-corrected chi connectivity index (χ0v) is 11.4. The third-order valence-electron chi connectivity index (χ3n) is 2.64. The first-order chi connectivity index (χ1) is 8.95. The Bertz CT molecular complexity index is 460. The molecule has 0 aliphatic rings. The zero-order valence-electron chi connectivity index (χ0n) is 11.4. The van der Waals surface area contributed by atoms with Crippen LogP contribution in [0.4, 0.5) is 5.82 Å². The van der Waals surface area contributed by atoms with Crippen molar-refractivity contribution in [1.82, 2.24) is 10.3 Å². The molecule has 1 aromatic heterocycles. The summed E-state index contributed by atoms with van der Waals surface area (Å²) in [6.45, 7) is 6.31. The van der Waals surface area contributed by atoms with Crippen LogP contribution in [-0.2, 0) is 4.79 Å². The molecule has 6 nitrogen and oxygen atoms in total. The smallest absolute Gasteiger partial charge is 0.252 e. The molecule has 1 heterocycles. The number of anilines is 1. The van der Waals surface area contributed by atoms with Gasteiger partial charge in [-0.3, -0.25) is 9.59 Å². The van der Waals surface area contributed by atoms with E-state index < -0.39 is 11.9 Å². The lowest BCUT2D eigenvalue weighted by molar-refractivity contribution is -0.120. The molecular weight excluding hydrogens is 244 g/mol. The summed E-state index contributed by atoms with van der Waals surface area (Å²) in [5, 5.41) is 5.65. The number of nitrogens with two attached hydrogens (primary N) is 1. The number of pyridine rings is 1. The topological polar surface area (TPSA) is 97.1 Å². The highest BCUT2D eigenvalue weighted by Crippen LogP contribution is 2.08. The molecule has 6 heteroatoms. The molecule has 1 aromatic rings. The van der Waals surface area contributed by atoms with Gasteiger partial charge in [-0.25, -0.2) is 4.98 Å². The highest BCUT2D eigenvalue weighted by atomic mass is 16.2. The van der Waals surface area contributed by atoms with Gasteiger partial charge in [0.15, 0.2) is 0 Å². The Morgan fingerprint density at radius 2 is 2.11 bits per heavy atom. The Kier molecular flexibility index (Phi) is 5.29. The SMILES string of the molecule is CCNc1cc(C(=O)NC(C(N)=O)C(C)C)ccn1. The van der Waals surface area contributed by atoms with Gasteiger partial charge in [-0.05, 0) is 25.0 Å². The molecule has 0 fully saturated rings. The van der Waals surface area contributed by atoms with Crippen molar-refractivity contribution in [3.05, 3.63) is 23.9 Å². The third-order valence-corrected chi connectivity index (χ3v) is 2.64. The molecule has 19 heavy (non-hydrogen) atoms. The second kappa shape index (κ2) is 6.72. The van der Waals surface area contributed by atoms with Crippen LogP contribution in [0.2, 0.25) is 0 Å². The summed E-state index contributed by atoms with van der Waals surface area (Å²) in [7, 11) is 0. The number of hydrogen-bond acceptors (Lipinski definition) is 4. The summed E-state index contributed by atoms with van der Waals surface area (Å²) in [6, 6.07) is 2.55. The van der Waals surface area contributed by atoms with Gasteiger partial charge < -0.3 is 16.4 Å². The molecule has 2 amide bonds. The minimum absolute atomic E-state index is 0.0588. The molecule has 1 rings (SSSR count). The maximum atomic E-state index is 12.0. The Labute approximate surface area is 112 Å². The van der Waals surface area contributed by atoms with Crippen molar-refractivity contribution in [2.45, 2.75) is 26.8 Å². The fourth-order valence-electron chi connectivity index (χ4n) is 1.64. The molecule has 0 saturated carbocycles. The van der Waals surface area contributed by atoms with Crippen molar-refractivity contribution in [2.75, 3.05) is 11.9 Å². The van der Waals surface area contributed by atoms with Crippen LogP contribution in [0.15, 0.2) is 18.3 Å². The van der Waals surface area contributed by atoms with Crippen molar-refractivity contribution in [3.63, 3.8) is 0 Å². The second-order valence-corrected chi connectivity index (χ2v) is 4.56. The second-order valence-electron chi connectivity index (χ2n) is 4.56. The van der Waals surface area contributed by atoms with E-state index in [1.165, 1.54) is 0 Å². The lowest BCUT2D eigenvalue weighted by Crippen LogP contribution is -2.47. The van der Waals surface area contributed by atoms with Gasteiger partial charge in [0.1, 0.15) is 11.9 Å². The number of amides is 2. The number of nitrogens with zero attached hydrogens (tertiary/aromatic N) is 1. The third kappa shape index (κ3) is 4.24. The first-order valence-corrected chi connectivity index (χ1v) is 6.25. The summed E-state index contributed by atoms with van der Waals surface area (Å²) in [6.07, 6.45) is 1.54. The highest BCUT2D eigenvalue weighted by Gasteiger charge is 2.22. The van der Waals surface area contributed by atoms with E-state index >= 15 is 0 Å². The fraction of sp³-hybridized carbons (Fsp3) is 0.462. The highest BCUT2D eigenvalue weighted by molar-refractivity contribution is 5.97. The molecule has 0 spiro atoms. The fourth-order valence-corrected chi connectivity index (χ4v) is 1.64. The van der Waals surface area contributed by atoms with Gasteiger partial charge in [0.2, 0.25) is 5.91 Å². The Balaban J connectivity index is 2.82. The number of carbonyl (C=O) groups is 2. The van der Waals surface area contributed by atoms with Gasteiger partial charge >= 0.3 is 0 Å². The van der Waals surface area contributed by atoms with E-state index in [2.05, 4.69) is 15.6 Å². The van der Waals surface area contributed by atoms with Crippen LogP contribution < -0.4 is 16.4 Å². The molecule has 4 N–H and O–H groups in total. The van der Waals surface area contributed by atoms with E-state index in [-0.39, 0.29) is 11.8 Å². The average molecular weight is 264 g/mol. The normalized spacial score (nSPS) is 12.0. The standard InChI is InChI=1S/C13H20N4O2/c1-4-15-10-7-9(5-6-16-10)13(19)17-11(8(2)3)12(14)18/h5-8,11H,4H2,1-3H3,(H2,14,18)(H,15,16)(H,17,19). The minimum Gasteiger partial charge on any atom is -0.370 e. The average Bonchev–Trinajstić information content (AvgIpc) is 2.35. The molecule has 0 saturated heterocycles. The van der Waals surface area contributed by atoms with Gasteiger partial charge in [-0.15, -0.1) is 0 Å². The molecule has 104 valence electrons. The van der Waals surface area contributed by atoms with E-state index in [0.717, 1.165) is 0 Å². The number of aromatic nitrogens is 1. The van der Waals surface area contributed by atoms with Gasteiger partial charge in [-0.1, -0.05) is 13.8 Å². The van der Waals surface area contributed by atoms with E-state index in [0.29, 0.717) is 17.9 Å². The van der Waals surface area contributed by atoms with Gasteiger partial charge in [-0.2, -0.15) is 0 Å². The molecule has 0 bridgehead atoms. The summed E-state index contributed by atoms with van der Waals surface area (Å²) >= 11 is 0. The molecule has 1 atom stereocenters. The van der Waals surface area contributed by atoms with Gasteiger partial charge in [0, 0.05) is 18.3 Å². The molecule has 0 aliphatic carbocycles. The summed E-state index contributed by atoms with van der Waals surface area (Å²) in [5.41, 5.74) is 5.71. The van der Waals surface area contributed by atoms with Crippen molar-refractivity contribution >= 4 is 17.6 Å². The van der Waals surface area contributed by atoms with Crippen molar-refractivity contribution in [1.29, 1.82) is 0 Å². The Hall–Kier alpha value is -2.11. The summed E-state index contributed by atoms with van der Waals surface area (Å²) in [5.74, 6) is -0.310. The Morgan fingerprint density at radius 1 is 1.42 bits per heavy atom. The van der Waals surface area contributed by atoms with E-state index in [1.807, 2.05) is 20.8 Å². The first kappa shape index (κ1) is 14.9. The van der Waals surface area contributed by atoms with Crippen LogP contribution in [0.3, 0.4) is 0 Å². The zero-order chi connectivity index (χ0) is 14.4. The summed E-state index contributed by atoms with van der Waals surface area (Å²) in [4.78, 5) is 27.4. The van der Waals surface area contributed by atoms with Crippen LogP contribution in [0.5, 0.6) is 0 Å². The van der Waals surface area contributed by atoms with Crippen molar-refractivity contribution in [3.8, 4) is 0 Å². The molecule has 0 aliphatic heterocycles. The number of hydrogen-bond donors (Lipinski definition) is 3. The van der Waals surface area contributed by atoms with Crippen LogP contribution in [-0.4, -0.2) is 29.4 Å². The summed E-state index contributed by atoms with van der Waals surface area (Å²) < 4.78 is 0. The largest absolute Gasteiger partial charge is 0.370 e. The monoisotopic (exact) mass is 264 g/mol. The van der Waals surface area contributed by atoms with Crippen molar-refractivity contribution in [2.24, 2.45) is 11.7 Å². The lowest BCUT2D eigenvalue weighted by atomic mass is 10.0. The van der Waals surface area contributed by atoms with Crippen LogP contribution >= 0.6 is 0 Å². The van der Waals surface area contributed by atoms with Crippen LogP contribution in [0, 0.1) is 5.92 Å². The van der Waals surface area contributed by atoms with Crippen molar-refractivity contribution < 1.29 is 9.59 Å². The first-order valence-electron chi connectivity index (χ1n) is 6.25. The molecule has 1 unspecified atom stereocenters. The lowest BCUT2D eigenvalue weighted by Gasteiger charge is -2.19. The predicted molar refractivity (Wildman–Crippen MR) is 73.7 cm³/mol. The number of carbonyl (C=O) groups excluding carboxylic acids is 2. The number of nitrogens with one attached hydrogen (secondary N) is 2. The minimum atomic E-state index is -0.678. The van der Waals surface area contributed by atoms with Crippen LogP contribution in [0.25, 0.3) is 0 Å². The predicted octanol–water partition coefficient (Wildman–Crippen LogP) is 0.753. The van der Waals surface area contributed by atoms with Gasteiger partial charge in [0.25, 0.3) is 5.91 Å². The molecule has 0 radical (unpaired) electrons. The maximum absolute atomic E-state index is 12.0. The van der Waals surface area contributed by atoms with E-state index in [9.17, 15) is 9.59 Å². The number of primary amides is 1. The van der Waals surface area contributed by atoms with Gasteiger partial charge in [0.05, 0.1) is 0 Å². The Morgan fingerprint density at radius 3 is 2.63 bits per heavy atom. The quantitative estimate of drug-likeness (QED) is 0.706. The van der Waals surface area contributed by atoms with Crippen LogP contribution in [0.1, 0.15) is 31.1 Å². The van der Waals surface area contributed by atoms with E-state index in [1.54, 1.807) is 18.3 Å². The number of rotatable bonds is 6. The van der Waals surface area contributed by atoms with E-state index in [4.69, 9.17) is 5.73 Å². The molecular formula is C13H20N4O2. The maximum Gasteiger partial charge on any atom is 0.252 e. The molecule has 0 aromatic carbocycles.